The van der Waals surface area contributed by atoms with Gasteiger partial charge in [0.2, 0.25) is 0 Å². The third-order valence-electron chi connectivity index (χ3n) is 1.61. The van der Waals surface area contributed by atoms with Crippen LogP contribution in [0.2, 0.25) is 0 Å². The van der Waals surface area contributed by atoms with Crippen LogP contribution in [0, 0.1) is 13.8 Å². The van der Waals surface area contributed by atoms with Gasteiger partial charge < -0.3 is 0 Å². The second kappa shape index (κ2) is 4.48. The minimum Gasteiger partial charge on any atom is -0.282 e. The van der Waals surface area contributed by atoms with Crippen LogP contribution in [0.4, 0.5) is 0 Å². The molecule has 0 aromatic heterocycles. The van der Waals surface area contributed by atoms with Crippen molar-refractivity contribution < 1.29 is 13.0 Å². The summed E-state index contributed by atoms with van der Waals surface area (Å²) in [5.41, 5.74) is 1.54. The molecule has 0 saturated heterocycles. The summed E-state index contributed by atoms with van der Waals surface area (Å²) >= 11 is 0. The van der Waals surface area contributed by atoms with E-state index >= 15 is 0 Å². The number of hydrogen-bond donors (Lipinski definition) is 1. The summed E-state index contributed by atoms with van der Waals surface area (Å²) in [6.07, 6.45) is 0. The van der Waals surface area contributed by atoms with E-state index in [0.717, 1.165) is 5.56 Å². The molecule has 0 aliphatic heterocycles. The molecule has 0 bridgehead atoms. The number of benzene rings is 1. The topological polar surface area (TPSA) is 54.4 Å². The van der Waals surface area contributed by atoms with E-state index in [4.69, 9.17) is 4.55 Å². The third-order valence-corrected chi connectivity index (χ3v) is 2.62. The van der Waals surface area contributed by atoms with Crippen molar-refractivity contribution in [2.75, 3.05) is 0 Å². The Morgan fingerprint density at radius 1 is 1.23 bits per heavy atom. The summed E-state index contributed by atoms with van der Waals surface area (Å²) in [4.78, 5) is -0.0203. The Hall–Kier alpha value is 0.000130. The van der Waals surface area contributed by atoms with Crippen LogP contribution >= 0.6 is 0 Å². The van der Waals surface area contributed by atoms with Gasteiger partial charge in [0.1, 0.15) is 0 Å². The van der Waals surface area contributed by atoms with Crippen molar-refractivity contribution in [1.29, 1.82) is 0 Å². The summed E-state index contributed by atoms with van der Waals surface area (Å²) in [5, 5.41) is 0. The molecule has 5 heteroatoms. The van der Waals surface area contributed by atoms with Crippen molar-refractivity contribution in [3.63, 3.8) is 0 Å². The predicted molar refractivity (Wildman–Crippen MR) is 51.5 cm³/mol. The number of rotatable bonds is 1. The van der Waals surface area contributed by atoms with Crippen LogP contribution in [0.25, 0.3) is 0 Å². The van der Waals surface area contributed by atoms with Gasteiger partial charge in [-0.25, -0.2) is 0 Å². The molecule has 3 radical (unpaired) electrons. The van der Waals surface area contributed by atoms with Gasteiger partial charge in [0.25, 0.3) is 10.1 Å². The van der Waals surface area contributed by atoms with Gasteiger partial charge in [0, 0.05) is 25.8 Å². The van der Waals surface area contributed by atoms with Crippen LogP contribution in [0.3, 0.4) is 0 Å². The molecule has 0 amide bonds. The SMILES string of the molecule is Cc1ccc(S(=O)(=O)O)c(C)c1.[In]. The van der Waals surface area contributed by atoms with Crippen molar-refractivity contribution in [3.8, 4) is 0 Å². The number of hydrogen-bond acceptors (Lipinski definition) is 2. The van der Waals surface area contributed by atoms with Gasteiger partial charge in [-0.2, -0.15) is 8.42 Å². The van der Waals surface area contributed by atoms with Crippen molar-refractivity contribution >= 4 is 36.0 Å². The van der Waals surface area contributed by atoms with Crippen LogP contribution in [-0.2, 0) is 10.1 Å². The molecule has 0 unspecified atom stereocenters. The van der Waals surface area contributed by atoms with Gasteiger partial charge in [-0.1, -0.05) is 17.7 Å². The molecule has 0 fully saturated rings. The van der Waals surface area contributed by atoms with Crippen LogP contribution in [0.1, 0.15) is 11.1 Å². The fourth-order valence-corrected chi connectivity index (χ4v) is 1.79. The zero-order chi connectivity index (χ0) is 9.35. The first-order chi connectivity index (χ1) is 5.41. The Morgan fingerprint density at radius 3 is 2.15 bits per heavy atom. The van der Waals surface area contributed by atoms with E-state index in [1.54, 1.807) is 19.1 Å². The summed E-state index contributed by atoms with van der Waals surface area (Å²) < 4.78 is 30.2. The van der Waals surface area contributed by atoms with Gasteiger partial charge in [-0.15, -0.1) is 0 Å². The van der Waals surface area contributed by atoms with Crippen LogP contribution in [0.5, 0.6) is 0 Å². The first-order valence-electron chi connectivity index (χ1n) is 3.46. The van der Waals surface area contributed by atoms with Gasteiger partial charge in [0.05, 0.1) is 4.90 Å². The maximum absolute atomic E-state index is 10.7. The van der Waals surface area contributed by atoms with Crippen molar-refractivity contribution in [2.45, 2.75) is 18.7 Å². The van der Waals surface area contributed by atoms with E-state index in [0.29, 0.717) is 5.56 Å². The maximum atomic E-state index is 10.7. The molecule has 0 atom stereocenters. The minimum absolute atomic E-state index is 0. The monoisotopic (exact) mass is 301 g/mol. The molecule has 1 aromatic carbocycles. The first-order valence-corrected chi connectivity index (χ1v) is 4.90. The van der Waals surface area contributed by atoms with E-state index in [1.807, 2.05) is 6.92 Å². The normalized spacial score (nSPS) is 10.7. The Balaban J connectivity index is 0.00000144. The molecule has 3 nitrogen and oxygen atoms in total. The smallest absolute Gasteiger partial charge is 0.282 e. The molecule has 0 spiro atoms. The van der Waals surface area contributed by atoms with Gasteiger partial charge in [0.15, 0.2) is 0 Å². The van der Waals surface area contributed by atoms with Crippen LogP contribution < -0.4 is 0 Å². The van der Waals surface area contributed by atoms with E-state index in [-0.39, 0.29) is 30.7 Å². The molecule has 0 aliphatic rings. The fraction of sp³-hybridized carbons (Fsp3) is 0.250. The van der Waals surface area contributed by atoms with E-state index < -0.39 is 10.1 Å². The van der Waals surface area contributed by atoms with E-state index in [2.05, 4.69) is 0 Å². The van der Waals surface area contributed by atoms with Gasteiger partial charge >= 0.3 is 0 Å². The third kappa shape index (κ3) is 3.32. The summed E-state index contributed by atoms with van der Waals surface area (Å²) in [6.45, 7) is 3.51. The van der Waals surface area contributed by atoms with Crippen molar-refractivity contribution in [2.24, 2.45) is 0 Å². The summed E-state index contributed by atoms with van der Waals surface area (Å²) in [7, 11) is -4.05. The van der Waals surface area contributed by atoms with Crippen LogP contribution in [-0.4, -0.2) is 38.8 Å². The second-order valence-corrected chi connectivity index (χ2v) is 4.13. The van der Waals surface area contributed by atoms with E-state index in [1.165, 1.54) is 6.07 Å². The zero-order valence-electron chi connectivity index (χ0n) is 7.48. The Labute approximate surface area is 96.7 Å². The first kappa shape index (κ1) is 13.0. The van der Waals surface area contributed by atoms with Crippen molar-refractivity contribution in [1.82, 2.24) is 0 Å². The quantitative estimate of drug-likeness (QED) is 0.792. The maximum Gasteiger partial charge on any atom is 0.294 e. The summed E-state index contributed by atoms with van der Waals surface area (Å²) in [5.74, 6) is 0. The average molecular weight is 301 g/mol. The minimum atomic E-state index is -4.05. The molecule has 1 N–H and O–H groups in total. The van der Waals surface area contributed by atoms with Crippen LogP contribution in [0.15, 0.2) is 23.1 Å². The molecule has 0 heterocycles. The molecule has 1 aromatic rings. The summed E-state index contributed by atoms with van der Waals surface area (Å²) in [6, 6.07) is 4.76. The molecule has 69 valence electrons. The van der Waals surface area contributed by atoms with Gasteiger partial charge in [-0.05, 0) is 25.5 Å². The molecule has 0 aliphatic carbocycles. The Morgan fingerprint density at radius 2 is 1.77 bits per heavy atom. The average Bonchev–Trinajstić information content (AvgIpc) is 1.83. The zero-order valence-corrected chi connectivity index (χ0v) is 11.6. The molecule has 13 heavy (non-hydrogen) atoms. The second-order valence-electron chi connectivity index (χ2n) is 2.74. The molecular weight excluding hydrogens is 291 g/mol. The Bertz CT molecular complexity index is 398. The van der Waals surface area contributed by atoms with E-state index in [9.17, 15) is 8.42 Å². The van der Waals surface area contributed by atoms with Crippen molar-refractivity contribution in [3.05, 3.63) is 29.3 Å². The fourth-order valence-electron chi connectivity index (χ4n) is 1.09. The largest absolute Gasteiger partial charge is 0.294 e. The molecular formula is C8H10InO3S. The standard InChI is InChI=1S/C8H10O3S.In/c1-6-3-4-8(7(2)5-6)12(9,10)11;/h3-5H,1-2H3,(H,9,10,11);. The predicted octanol–water partition coefficient (Wildman–Crippen LogP) is 1.17. The van der Waals surface area contributed by atoms with Gasteiger partial charge in [-0.3, -0.25) is 4.55 Å². The Kier molecular flexibility index (Phi) is 4.48. The number of aryl methyl sites for hydroxylation is 2. The molecule has 1 rings (SSSR count). The molecule has 0 saturated carbocycles.